The molecule has 0 unspecified atom stereocenters. The molecule has 1 aliphatic carbocycles. The number of ether oxygens (including phenoxy) is 1. The fourth-order valence-electron chi connectivity index (χ4n) is 3.06. The summed E-state index contributed by atoms with van der Waals surface area (Å²) in [5.41, 5.74) is 3.12. The number of allylic oxidation sites excluding steroid dienone is 7. The van der Waals surface area contributed by atoms with Crippen molar-refractivity contribution in [2.45, 2.75) is 66.4 Å². The molecule has 0 N–H and O–H groups in total. The molecule has 0 heterocycles. The van der Waals surface area contributed by atoms with Crippen molar-refractivity contribution in [1.82, 2.24) is 0 Å². The minimum absolute atomic E-state index is 0.323. The van der Waals surface area contributed by atoms with Gasteiger partial charge >= 0.3 is 0 Å². The van der Waals surface area contributed by atoms with Gasteiger partial charge in [0.25, 0.3) is 0 Å². The Morgan fingerprint density at radius 1 is 1.00 bits per heavy atom. The molecular formula is C22H34O. The van der Waals surface area contributed by atoms with Gasteiger partial charge in [-0.25, -0.2) is 0 Å². The van der Waals surface area contributed by atoms with Gasteiger partial charge in [0.1, 0.15) is 5.76 Å². The second-order valence-corrected chi connectivity index (χ2v) is 7.14. The van der Waals surface area contributed by atoms with Crippen LogP contribution in [-0.4, -0.2) is 6.10 Å². The van der Waals surface area contributed by atoms with Gasteiger partial charge in [-0.05, 0) is 69.9 Å². The SMILES string of the molecule is C=C(C)C=CC(C(=C)C)=C(C=CC)OC1CCC(C(C)C)CC1. The summed E-state index contributed by atoms with van der Waals surface area (Å²) in [6, 6.07) is 0. The molecule has 1 fully saturated rings. The van der Waals surface area contributed by atoms with Crippen LogP contribution in [-0.2, 0) is 4.74 Å². The van der Waals surface area contributed by atoms with Gasteiger partial charge in [-0.2, -0.15) is 0 Å². The number of rotatable bonds is 7. The van der Waals surface area contributed by atoms with E-state index < -0.39 is 0 Å². The lowest BCUT2D eigenvalue weighted by atomic mass is 9.80. The first-order valence-electron chi connectivity index (χ1n) is 8.88. The van der Waals surface area contributed by atoms with Crippen molar-refractivity contribution in [3.05, 3.63) is 59.9 Å². The molecule has 1 nitrogen and oxygen atoms in total. The topological polar surface area (TPSA) is 9.23 Å². The van der Waals surface area contributed by atoms with Crippen LogP contribution >= 0.6 is 0 Å². The molecule has 128 valence electrons. The van der Waals surface area contributed by atoms with E-state index in [0.717, 1.165) is 47.2 Å². The van der Waals surface area contributed by atoms with Crippen molar-refractivity contribution in [1.29, 1.82) is 0 Å². The zero-order valence-electron chi connectivity index (χ0n) is 15.7. The molecule has 0 atom stereocenters. The van der Waals surface area contributed by atoms with Crippen molar-refractivity contribution < 1.29 is 4.74 Å². The minimum atomic E-state index is 0.323. The summed E-state index contributed by atoms with van der Waals surface area (Å²) in [4.78, 5) is 0. The average molecular weight is 315 g/mol. The van der Waals surface area contributed by atoms with Crippen LogP contribution < -0.4 is 0 Å². The van der Waals surface area contributed by atoms with Gasteiger partial charge in [0.15, 0.2) is 0 Å². The van der Waals surface area contributed by atoms with Crippen molar-refractivity contribution in [2.24, 2.45) is 11.8 Å². The Balaban J connectivity index is 2.90. The first kappa shape index (κ1) is 19.5. The molecule has 0 aromatic rings. The van der Waals surface area contributed by atoms with E-state index in [1.165, 1.54) is 12.8 Å². The van der Waals surface area contributed by atoms with Gasteiger partial charge in [0.2, 0.25) is 0 Å². The molecule has 1 saturated carbocycles. The van der Waals surface area contributed by atoms with Gasteiger partial charge in [-0.15, -0.1) is 0 Å². The van der Waals surface area contributed by atoms with Crippen molar-refractivity contribution in [3.63, 3.8) is 0 Å². The maximum atomic E-state index is 6.37. The lowest BCUT2D eigenvalue weighted by molar-refractivity contribution is 0.0646. The highest BCUT2D eigenvalue weighted by atomic mass is 16.5. The predicted molar refractivity (Wildman–Crippen MR) is 102 cm³/mol. The molecule has 1 heteroatoms. The Morgan fingerprint density at radius 2 is 1.61 bits per heavy atom. The van der Waals surface area contributed by atoms with Crippen LogP contribution in [0.15, 0.2) is 59.9 Å². The van der Waals surface area contributed by atoms with E-state index in [9.17, 15) is 0 Å². The highest BCUT2D eigenvalue weighted by Crippen LogP contribution is 2.33. The van der Waals surface area contributed by atoms with Gasteiger partial charge < -0.3 is 4.74 Å². The van der Waals surface area contributed by atoms with Crippen LogP contribution in [0.4, 0.5) is 0 Å². The third-order valence-electron chi connectivity index (χ3n) is 4.53. The lowest BCUT2D eigenvalue weighted by Crippen LogP contribution is -2.24. The largest absolute Gasteiger partial charge is 0.490 e. The Labute approximate surface area is 143 Å². The van der Waals surface area contributed by atoms with Crippen LogP contribution in [0.3, 0.4) is 0 Å². The lowest BCUT2D eigenvalue weighted by Gasteiger charge is -2.31. The van der Waals surface area contributed by atoms with Crippen molar-refractivity contribution >= 4 is 0 Å². The summed E-state index contributed by atoms with van der Waals surface area (Å²) >= 11 is 0. The minimum Gasteiger partial charge on any atom is -0.490 e. The fraction of sp³-hybridized carbons (Fsp3) is 0.545. The van der Waals surface area contributed by atoms with E-state index in [-0.39, 0.29) is 0 Å². The van der Waals surface area contributed by atoms with Gasteiger partial charge in [0.05, 0.1) is 6.10 Å². The van der Waals surface area contributed by atoms with Gasteiger partial charge in [-0.1, -0.05) is 50.8 Å². The summed E-state index contributed by atoms with van der Waals surface area (Å²) in [6.45, 7) is 18.8. The molecular weight excluding hydrogens is 280 g/mol. The molecule has 0 aromatic heterocycles. The van der Waals surface area contributed by atoms with E-state index in [4.69, 9.17) is 4.74 Å². The Bertz CT molecular complexity index is 494. The zero-order chi connectivity index (χ0) is 17.4. The van der Waals surface area contributed by atoms with E-state index in [1.807, 2.05) is 32.9 Å². The smallest absolute Gasteiger partial charge is 0.126 e. The molecule has 1 rings (SSSR count). The van der Waals surface area contributed by atoms with Crippen LogP contribution in [0.5, 0.6) is 0 Å². The normalized spacial score (nSPS) is 23.4. The second-order valence-electron chi connectivity index (χ2n) is 7.14. The maximum absolute atomic E-state index is 6.37. The standard InChI is InChI=1S/C22H34O/c1-8-9-22(21(18(6)7)15-10-16(2)3)23-20-13-11-19(12-14-20)17(4)5/h8-10,15,17,19-20H,2,6,11-14H2,1,3-5,7H3. The molecule has 1 aliphatic rings. The van der Waals surface area contributed by atoms with E-state index >= 15 is 0 Å². The molecule has 23 heavy (non-hydrogen) atoms. The van der Waals surface area contributed by atoms with Crippen molar-refractivity contribution in [2.75, 3.05) is 0 Å². The van der Waals surface area contributed by atoms with Crippen LogP contribution in [0, 0.1) is 11.8 Å². The monoisotopic (exact) mass is 314 g/mol. The van der Waals surface area contributed by atoms with Gasteiger partial charge in [-0.3, -0.25) is 0 Å². The molecule has 0 saturated heterocycles. The van der Waals surface area contributed by atoms with Crippen molar-refractivity contribution in [3.8, 4) is 0 Å². The number of hydrogen-bond acceptors (Lipinski definition) is 1. The number of hydrogen-bond donors (Lipinski definition) is 0. The zero-order valence-corrected chi connectivity index (χ0v) is 15.7. The fourth-order valence-corrected chi connectivity index (χ4v) is 3.06. The third-order valence-corrected chi connectivity index (χ3v) is 4.53. The third kappa shape index (κ3) is 6.64. The maximum Gasteiger partial charge on any atom is 0.126 e. The quantitative estimate of drug-likeness (QED) is 0.373. The first-order valence-corrected chi connectivity index (χ1v) is 8.88. The summed E-state index contributed by atoms with van der Waals surface area (Å²) in [5, 5.41) is 0. The van der Waals surface area contributed by atoms with Crippen LogP contribution in [0.25, 0.3) is 0 Å². The summed E-state index contributed by atoms with van der Waals surface area (Å²) < 4.78 is 6.37. The second kappa shape index (κ2) is 9.60. The highest BCUT2D eigenvalue weighted by Gasteiger charge is 2.24. The van der Waals surface area contributed by atoms with Crippen LogP contribution in [0.1, 0.15) is 60.3 Å². The molecule has 0 bridgehead atoms. The van der Waals surface area contributed by atoms with E-state index in [2.05, 4.69) is 39.2 Å². The molecule has 0 spiro atoms. The first-order chi connectivity index (χ1) is 10.8. The predicted octanol–water partition coefficient (Wildman–Crippen LogP) is 6.76. The summed E-state index contributed by atoms with van der Waals surface area (Å²) in [5.74, 6) is 2.57. The van der Waals surface area contributed by atoms with Gasteiger partial charge in [0, 0.05) is 5.57 Å². The Kier molecular flexibility index (Phi) is 8.16. The Morgan fingerprint density at radius 3 is 2.04 bits per heavy atom. The van der Waals surface area contributed by atoms with Crippen LogP contribution in [0.2, 0.25) is 0 Å². The average Bonchev–Trinajstić information content (AvgIpc) is 2.47. The summed E-state index contributed by atoms with van der Waals surface area (Å²) in [7, 11) is 0. The summed E-state index contributed by atoms with van der Waals surface area (Å²) in [6.07, 6.45) is 13.4. The highest BCUT2D eigenvalue weighted by molar-refractivity contribution is 5.44. The molecule has 0 aliphatic heterocycles. The van der Waals surface area contributed by atoms with E-state index in [0.29, 0.717) is 6.10 Å². The van der Waals surface area contributed by atoms with E-state index in [1.54, 1.807) is 0 Å². The molecule has 0 aromatic carbocycles. The Hall–Kier alpha value is -1.50. The molecule has 0 amide bonds. The molecule has 0 radical (unpaired) electrons.